The van der Waals surface area contributed by atoms with Crippen LogP contribution in [0, 0.1) is 15.9 Å². The smallest absolute Gasteiger partial charge is 0.269 e. The molecule has 0 aromatic heterocycles. The van der Waals surface area contributed by atoms with Crippen molar-refractivity contribution in [1.82, 2.24) is 0 Å². The Hall–Kier alpha value is -2.47. The molecule has 0 bridgehead atoms. The molecule has 6 heteroatoms. The average Bonchev–Trinajstić information content (AvgIpc) is 2.46. The first-order valence-corrected chi connectivity index (χ1v) is 6.38. The summed E-state index contributed by atoms with van der Waals surface area (Å²) in [7, 11) is 0. The van der Waals surface area contributed by atoms with Gasteiger partial charge in [-0.05, 0) is 42.8 Å². The number of rotatable bonds is 5. The topological polar surface area (TPSA) is 78.4 Å². The van der Waals surface area contributed by atoms with E-state index in [1.165, 1.54) is 30.3 Å². The Morgan fingerprint density at radius 3 is 2.52 bits per heavy atom. The van der Waals surface area contributed by atoms with E-state index in [2.05, 4.69) is 0 Å². The number of benzene rings is 2. The molecule has 0 radical (unpaired) electrons. The molecule has 0 aliphatic heterocycles. The molecule has 0 heterocycles. The zero-order valence-corrected chi connectivity index (χ0v) is 11.5. The molecule has 0 aliphatic rings. The van der Waals surface area contributed by atoms with Crippen LogP contribution in [0.1, 0.15) is 24.1 Å². The largest absolute Gasteiger partial charge is 0.489 e. The van der Waals surface area contributed by atoms with Gasteiger partial charge in [0.05, 0.1) is 4.92 Å². The summed E-state index contributed by atoms with van der Waals surface area (Å²) in [6.45, 7) is 1.97. The van der Waals surface area contributed by atoms with Gasteiger partial charge in [-0.2, -0.15) is 0 Å². The SMILES string of the molecule is C[C@@H](N)c1cc(F)ccc1OCc1ccc([N+](=O)[O-])cc1. The third-order valence-electron chi connectivity index (χ3n) is 3.00. The van der Waals surface area contributed by atoms with E-state index in [-0.39, 0.29) is 24.2 Å². The van der Waals surface area contributed by atoms with E-state index in [1.807, 2.05) is 0 Å². The first-order chi connectivity index (χ1) is 9.97. The Bertz CT molecular complexity index is 642. The highest BCUT2D eigenvalue weighted by atomic mass is 19.1. The molecular weight excluding hydrogens is 275 g/mol. The zero-order valence-electron chi connectivity index (χ0n) is 11.5. The summed E-state index contributed by atoms with van der Waals surface area (Å²) in [6.07, 6.45) is 0. The van der Waals surface area contributed by atoms with Crippen molar-refractivity contribution in [2.45, 2.75) is 19.6 Å². The number of nitro groups is 1. The molecule has 0 spiro atoms. The van der Waals surface area contributed by atoms with Crippen molar-refractivity contribution < 1.29 is 14.1 Å². The van der Waals surface area contributed by atoms with Gasteiger partial charge in [-0.1, -0.05) is 0 Å². The number of hydrogen-bond acceptors (Lipinski definition) is 4. The molecule has 1 atom stereocenters. The molecule has 0 saturated carbocycles. The molecule has 5 nitrogen and oxygen atoms in total. The van der Waals surface area contributed by atoms with Crippen LogP contribution in [-0.2, 0) is 6.61 Å². The zero-order chi connectivity index (χ0) is 15.4. The second-order valence-electron chi connectivity index (χ2n) is 4.68. The molecule has 2 aromatic carbocycles. The van der Waals surface area contributed by atoms with E-state index in [0.29, 0.717) is 11.3 Å². The maximum atomic E-state index is 13.2. The predicted molar refractivity (Wildman–Crippen MR) is 76.4 cm³/mol. The number of nitrogens with two attached hydrogens (primary N) is 1. The lowest BCUT2D eigenvalue weighted by atomic mass is 10.1. The van der Waals surface area contributed by atoms with E-state index in [1.54, 1.807) is 19.1 Å². The molecule has 0 amide bonds. The molecule has 0 fully saturated rings. The van der Waals surface area contributed by atoms with Gasteiger partial charge >= 0.3 is 0 Å². The fraction of sp³-hybridized carbons (Fsp3) is 0.200. The van der Waals surface area contributed by atoms with Crippen LogP contribution >= 0.6 is 0 Å². The van der Waals surface area contributed by atoms with Crippen LogP contribution in [0.2, 0.25) is 0 Å². The first kappa shape index (κ1) is 14.9. The minimum atomic E-state index is -0.460. The van der Waals surface area contributed by atoms with Gasteiger partial charge in [0.1, 0.15) is 18.2 Å². The Morgan fingerprint density at radius 1 is 1.29 bits per heavy atom. The van der Waals surface area contributed by atoms with Crippen LogP contribution in [0.4, 0.5) is 10.1 Å². The van der Waals surface area contributed by atoms with Gasteiger partial charge in [-0.25, -0.2) is 4.39 Å². The summed E-state index contributed by atoms with van der Waals surface area (Å²) in [5, 5.41) is 10.6. The first-order valence-electron chi connectivity index (χ1n) is 6.38. The van der Waals surface area contributed by atoms with E-state index >= 15 is 0 Å². The Kier molecular flexibility index (Phi) is 4.49. The minimum absolute atomic E-state index is 0.0248. The second kappa shape index (κ2) is 6.32. The van der Waals surface area contributed by atoms with Crippen LogP contribution in [0.3, 0.4) is 0 Å². The summed E-state index contributed by atoms with van der Waals surface area (Å²) in [6, 6.07) is 9.88. The van der Waals surface area contributed by atoms with Crippen molar-refractivity contribution >= 4 is 5.69 Å². The predicted octanol–water partition coefficient (Wildman–Crippen LogP) is 3.33. The fourth-order valence-corrected chi connectivity index (χ4v) is 1.88. The summed E-state index contributed by atoms with van der Waals surface area (Å²) in [5.41, 5.74) is 7.17. The number of nitro benzene ring substituents is 1. The standard InChI is InChI=1S/C15H15FN2O3/c1-10(17)14-8-12(16)4-7-15(14)21-9-11-2-5-13(6-3-11)18(19)20/h2-8,10H,9,17H2,1H3/t10-/m1/s1. The highest BCUT2D eigenvalue weighted by Gasteiger charge is 2.10. The van der Waals surface area contributed by atoms with Crippen LogP contribution in [0.15, 0.2) is 42.5 Å². The lowest BCUT2D eigenvalue weighted by Gasteiger charge is -2.14. The van der Waals surface area contributed by atoms with E-state index < -0.39 is 4.92 Å². The van der Waals surface area contributed by atoms with Crippen LogP contribution in [0.25, 0.3) is 0 Å². The lowest BCUT2D eigenvalue weighted by molar-refractivity contribution is -0.384. The maximum absolute atomic E-state index is 13.2. The van der Waals surface area contributed by atoms with Crippen LogP contribution < -0.4 is 10.5 Å². The van der Waals surface area contributed by atoms with Crippen LogP contribution in [0.5, 0.6) is 5.75 Å². The van der Waals surface area contributed by atoms with Crippen molar-refractivity contribution in [2.75, 3.05) is 0 Å². The highest BCUT2D eigenvalue weighted by molar-refractivity contribution is 5.37. The molecule has 0 saturated heterocycles. The Balaban J connectivity index is 2.11. The quantitative estimate of drug-likeness (QED) is 0.676. The molecule has 0 unspecified atom stereocenters. The summed E-state index contributed by atoms with van der Waals surface area (Å²) >= 11 is 0. The van der Waals surface area contributed by atoms with E-state index in [0.717, 1.165) is 5.56 Å². The van der Waals surface area contributed by atoms with Gasteiger partial charge in [-0.3, -0.25) is 10.1 Å². The number of nitrogens with zero attached hydrogens (tertiary/aromatic N) is 1. The van der Waals surface area contributed by atoms with Crippen molar-refractivity contribution in [2.24, 2.45) is 5.73 Å². The number of halogens is 1. The van der Waals surface area contributed by atoms with Crippen LogP contribution in [-0.4, -0.2) is 4.92 Å². The normalized spacial score (nSPS) is 12.0. The number of ether oxygens (including phenoxy) is 1. The minimum Gasteiger partial charge on any atom is -0.489 e. The molecule has 2 rings (SSSR count). The molecule has 0 aliphatic carbocycles. The fourth-order valence-electron chi connectivity index (χ4n) is 1.88. The molecule has 2 aromatic rings. The van der Waals surface area contributed by atoms with Gasteiger partial charge in [0.2, 0.25) is 0 Å². The molecular formula is C15H15FN2O3. The van der Waals surface area contributed by atoms with E-state index in [9.17, 15) is 14.5 Å². The number of hydrogen-bond donors (Lipinski definition) is 1. The highest BCUT2D eigenvalue weighted by Crippen LogP contribution is 2.25. The van der Waals surface area contributed by atoms with Gasteiger partial charge in [0.15, 0.2) is 0 Å². The summed E-state index contributed by atoms with van der Waals surface area (Å²) < 4.78 is 18.8. The van der Waals surface area contributed by atoms with Gasteiger partial charge in [0.25, 0.3) is 5.69 Å². The molecule has 110 valence electrons. The van der Waals surface area contributed by atoms with Crippen molar-refractivity contribution in [3.05, 3.63) is 69.5 Å². The second-order valence-corrected chi connectivity index (χ2v) is 4.68. The summed E-state index contributed by atoms with van der Waals surface area (Å²) in [5.74, 6) is 0.134. The van der Waals surface area contributed by atoms with E-state index in [4.69, 9.17) is 10.5 Å². The van der Waals surface area contributed by atoms with Gasteiger partial charge in [-0.15, -0.1) is 0 Å². The van der Waals surface area contributed by atoms with Gasteiger partial charge in [0, 0.05) is 23.7 Å². The van der Waals surface area contributed by atoms with Crippen molar-refractivity contribution in [3.63, 3.8) is 0 Å². The molecule has 21 heavy (non-hydrogen) atoms. The molecule has 2 N–H and O–H groups in total. The van der Waals surface area contributed by atoms with Crippen molar-refractivity contribution in [1.29, 1.82) is 0 Å². The average molecular weight is 290 g/mol. The summed E-state index contributed by atoms with van der Waals surface area (Å²) in [4.78, 5) is 10.1. The monoisotopic (exact) mass is 290 g/mol. The Morgan fingerprint density at radius 2 is 1.95 bits per heavy atom. The third kappa shape index (κ3) is 3.76. The third-order valence-corrected chi connectivity index (χ3v) is 3.00. The van der Waals surface area contributed by atoms with Crippen molar-refractivity contribution in [3.8, 4) is 5.75 Å². The van der Waals surface area contributed by atoms with Gasteiger partial charge < -0.3 is 10.5 Å². The Labute approximate surface area is 121 Å². The maximum Gasteiger partial charge on any atom is 0.269 e. The number of non-ortho nitro benzene ring substituents is 1. The lowest BCUT2D eigenvalue weighted by Crippen LogP contribution is -2.08.